The summed E-state index contributed by atoms with van der Waals surface area (Å²) in [6.45, 7) is 4.60. The first-order chi connectivity index (χ1) is 9.02. The fourth-order valence-corrected chi connectivity index (χ4v) is 3.36. The van der Waals surface area contributed by atoms with E-state index in [1.165, 1.54) is 11.1 Å². The summed E-state index contributed by atoms with van der Waals surface area (Å²) in [5, 5.41) is 12.5. The topological polar surface area (TPSA) is 46.2 Å². The van der Waals surface area contributed by atoms with Crippen molar-refractivity contribution in [3.05, 3.63) is 55.7 Å². The highest BCUT2D eigenvalue weighted by atomic mass is 79.9. The summed E-state index contributed by atoms with van der Waals surface area (Å²) in [6, 6.07) is 8.23. The molecule has 2 aromatic rings. The zero-order valence-electron chi connectivity index (χ0n) is 11.1. The number of hydrogen-bond acceptors (Lipinski definition) is 3. The normalized spacial score (nSPS) is 14.4. The van der Waals surface area contributed by atoms with Crippen LogP contribution in [-0.2, 0) is 0 Å². The lowest BCUT2D eigenvalue weighted by Crippen LogP contribution is -2.20. The zero-order chi connectivity index (χ0) is 14.0. The maximum Gasteiger partial charge on any atom is 0.0879 e. The van der Waals surface area contributed by atoms with Crippen LogP contribution in [0.5, 0.6) is 0 Å². The second-order valence-electron chi connectivity index (χ2n) is 4.81. The van der Waals surface area contributed by atoms with Crippen LogP contribution >= 0.6 is 27.3 Å². The van der Waals surface area contributed by atoms with Crippen LogP contribution in [0.1, 0.15) is 34.3 Å². The molecule has 0 fully saturated rings. The van der Waals surface area contributed by atoms with Crippen molar-refractivity contribution in [2.24, 2.45) is 5.73 Å². The molecule has 0 radical (unpaired) electrons. The van der Waals surface area contributed by atoms with Crippen molar-refractivity contribution in [2.75, 3.05) is 6.54 Å². The van der Waals surface area contributed by atoms with Crippen LogP contribution in [0.4, 0.5) is 0 Å². The number of aliphatic hydroxyl groups is 1. The van der Waals surface area contributed by atoms with Crippen LogP contribution in [-0.4, -0.2) is 11.7 Å². The Kier molecular flexibility index (Phi) is 4.79. The van der Waals surface area contributed by atoms with Crippen LogP contribution in [0.25, 0.3) is 0 Å². The fraction of sp³-hybridized carbons (Fsp3) is 0.333. The highest BCUT2D eigenvalue weighted by Crippen LogP contribution is 2.34. The lowest BCUT2D eigenvalue weighted by molar-refractivity contribution is 0.148. The minimum Gasteiger partial charge on any atom is -0.388 e. The van der Waals surface area contributed by atoms with Crippen LogP contribution < -0.4 is 5.73 Å². The minimum absolute atomic E-state index is 0.0687. The van der Waals surface area contributed by atoms with Gasteiger partial charge in [-0.05, 0) is 63.5 Å². The Bertz CT molecular complexity index is 567. The van der Waals surface area contributed by atoms with Gasteiger partial charge in [-0.3, -0.25) is 0 Å². The van der Waals surface area contributed by atoms with E-state index in [2.05, 4.69) is 48.0 Å². The Hall–Kier alpha value is -0.680. The van der Waals surface area contributed by atoms with Crippen molar-refractivity contribution < 1.29 is 5.11 Å². The van der Waals surface area contributed by atoms with Gasteiger partial charge in [0.05, 0.1) is 9.89 Å². The lowest BCUT2D eigenvalue weighted by Gasteiger charge is -2.22. The Morgan fingerprint density at radius 2 is 1.95 bits per heavy atom. The van der Waals surface area contributed by atoms with Gasteiger partial charge in [-0.1, -0.05) is 18.2 Å². The van der Waals surface area contributed by atoms with Gasteiger partial charge < -0.3 is 10.8 Å². The average Bonchev–Trinajstić information content (AvgIpc) is 2.81. The summed E-state index contributed by atoms with van der Waals surface area (Å²) < 4.78 is 1.03. The predicted octanol–water partition coefficient (Wildman–Crippen LogP) is 3.90. The number of aliphatic hydroxyl groups excluding tert-OH is 1. The third-order valence-corrected chi connectivity index (χ3v) is 5.05. The first kappa shape index (κ1) is 14.7. The van der Waals surface area contributed by atoms with E-state index in [1.54, 1.807) is 11.3 Å². The van der Waals surface area contributed by atoms with Crippen LogP contribution in [0.2, 0.25) is 0 Å². The Labute approximate surface area is 126 Å². The number of nitrogens with two attached hydrogens (primary N) is 1. The molecule has 0 bridgehead atoms. The van der Waals surface area contributed by atoms with E-state index in [-0.39, 0.29) is 5.92 Å². The summed E-state index contributed by atoms with van der Waals surface area (Å²) in [4.78, 5) is 0. The summed E-state index contributed by atoms with van der Waals surface area (Å²) in [6.07, 6.45) is -0.561. The third-order valence-electron chi connectivity index (χ3n) is 3.52. The van der Waals surface area contributed by atoms with E-state index in [1.807, 2.05) is 11.4 Å². The molecule has 0 aliphatic heterocycles. The Morgan fingerprint density at radius 1 is 1.21 bits per heavy atom. The number of thiophene rings is 1. The van der Waals surface area contributed by atoms with Gasteiger partial charge in [0.15, 0.2) is 0 Å². The van der Waals surface area contributed by atoms with E-state index in [9.17, 15) is 5.11 Å². The highest BCUT2D eigenvalue weighted by molar-refractivity contribution is 9.11. The Balaban J connectivity index is 2.30. The van der Waals surface area contributed by atoms with Crippen molar-refractivity contribution in [2.45, 2.75) is 25.9 Å². The molecule has 0 saturated heterocycles. The molecular formula is C15H18BrNOS. The summed E-state index contributed by atoms with van der Waals surface area (Å²) in [5.41, 5.74) is 10.4. The number of aryl methyl sites for hydroxylation is 2. The SMILES string of the molecule is Cc1ccc(C(CN)C(O)c2csc(Br)c2)cc1C. The number of halogens is 1. The smallest absolute Gasteiger partial charge is 0.0879 e. The highest BCUT2D eigenvalue weighted by Gasteiger charge is 2.22. The molecule has 1 aromatic heterocycles. The number of rotatable bonds is 4. The molecule has 2 rings (SSSR count). The van der Waals surface area contributed by atoms with Gasteiger partial charge in [-0.25, -0.2) is 0 Å². The van der Waals surface area contributed by atoms with Gasteiger partial charge in [0.25, 0.3) is 0 Å². The molecule has 2 unspecified atom stereocenters. The van der Waals surface area contributed by atoms with E-state index in [0.29, 0.717) is 6.54 Å². The predicted molar refractivity (Wildman–Crippen MR) is 84.7 cm³/mol. The maximum atomic E-state index is 10.5. The maximum absolute atomic E-state index is 10.5. The van der Waals surface area contributed by atoms with E-state index < -0.39 is 6.10 Å². The number of hydrogen-bond donors (Lipinski definition) is 2. The summed E-state index contributed by atoms with van der Waals surface area (Å²) >= 11 is 5.00. The minimum atomic E-state index is -0.561. The van der Waals surface area contributed by atoms with Crippen molar-refractivity contribution in [1.29, 1.82) is 0 Å². The molecule has 0 saturated carbocycles. The fourth-order valence-electron chi connectivity index (χ4n) is 2.15. The summed E-state index contributed by atoms with van der Waals surface area (Å²) in [7, 11) is 0. The molecular weight excluding hydrogens is 322 g/mol. The Morgan fingerprint density at radius 3 is 2.47 bits per heavy atom. The average molecular weight is 340 g/mol. The molecule has 2 nitrogen and oxygen atoms in total. The summed E-state index contributed by atoms with van der Waals surface area (Å²) in [5.74, 6) is -0.0687. The molecule has 0 spiro atoms. The quantitative estimate of drug-likeness (QED) is 0.887. The molecule has 102 valence electrons. The van der Waals surface area contributed by atoms with Crippen LogP contribution in [0, 0.1) is 13.8 Å². The van der Waals surface area contributed by atoms with Crippen molar-refractivity contribution >= 4 is 27.3 Å². The molecule has 0 aliphatic rings. The molecule has 1 heterocycles. The molecule has 1 aromatic carbocycles. The van der Waals surface area contributed by atoms with E-state index >= 15 is 0 Å². The van der Waals surface area contributed by atoms with Crippen LogP contribution in [0.15, 0.2) is 33.4 Å². The standard InChI is InChI=1S/C15H18BrNOS/c1-9-3-4-11(5-10(9)2)13(7-17)15(18)12-6-14(16)19-8-12/h3-6,8,13,15,18H,7,17H2,1-2H3. The zero-order valence-corrected chi connectivity index (χ0v) is 13.5. The van der Waals surface area contributed by atoms with Crippen molar-refractivity contribution in [3.63, 3.8) is 0 Å². The largest absolute Gasteiger partial charge is 0.388 e. The molecule has 4 heteroatoms. The first-order valence-corrected chi connectivity index (χ1v) is 7.89. The van der Waals surface area contributed by atoms with Crippen molar-refractivity contribution in [3.8, 4) is 0 Å². The van der Waals surface area contributed by atoms with Crippen LogP contribution in [0.3, 0.4) is 0 Å². The molecule has 2 atom stereocenters. The van der Waals surface area contributed by atoms with E-state index in [4.69, 9.17) is 5.73 Å². The third kappa shape index (κ3) is 3.26. The van der Waals surface area contributed by atoms with Crippen molar-refractivity contribution in [1.82, 2.24) is 0 Å². The van der Waals surface area contributed by atoms with Gasteiger partial charge in [-0.2, -0.15) is 0 Å². The number of benzene rings is 1. The molecule has 0 amide bonds. The molecule has 0 aliphatic carbocycles. The van der Waals surface area contributed by atoms with Gasteiger partial charge in [0.1, 0.15) is 0 Å². The molecule has 3 N–H and O–H groups in total. The molecule has 19 heavy (non-hydrogen) atoms. The second-order valence-corrected chi connectivity index (χ2v) is 7.11. The van der Waals surface area contributed by atoms with E-state index in [0.717, 1.165) is 14.9 Å². The monoisotopic (exact) mass is 339 g/mol. The van der Waals surface area contributed by atoms with Gasteiger partial charge in [-0.15, -0.1) is 11.3 Å². The van der Waals surface area contributed by atoms with Gasteiger partial charge in [0, 0.05) is 12.5 Å². The first-order valence-electron chi connectivity index (χ1n) is 6.22. The van der Waals surface area contributed by atoms with Gasteiger partial charge >= 0.3 is 0 Å². The van der Waals surface area contributed by atoms with Gasteiger partial charge in [0.2, 0.25) is 0 Å². The second kappa shape index (κ2) is 6.18. The lowest BCUT2D eigenvalue weighted by atomic mass is 9.89.